The maximum atomic E-state index is 10.1. The van der Waals surface area contributed by atoms with E-state index in [0.29, 0.717) is 6.41 Å². The van der Waals surface area contributed by atoms with Crippen molar-refractivity contribution in [2.75, 3.05) is 0 Å². The van der Waals surface area contributed by atoms with Crippen LogP contribution in [-0.2, 0) is 9.53 Å². The van der Waals surface area contributed by atoms with Crippen LogP contribution in [0.25, 0.3) is 0 Å². The number of carbonyl (C=O) groups is 1. The van der Waals surface area contributed by atoms with Gasteiger partial charge in [-0.3, -0.25) is 4.79 Å². The monoisotopic (exact) mass is 159 g/mol. The Morgan fingerprint density at radius 1 is 1.55 bits per heavy atom. The standard InChI is InChI=1S/C8H17NO2/c1-4-5-8(9-6-10)11-7(2)3/h6-8H,4-5H2,1-3H3,(H,9,10). The van der Waals surface area contributed by atoms with E-state index in [1.165, 1.54) is 0 Å². The minimum absolute atomic E-state index is 0.113. The fourth-order valence-corrected chi connectivity index (χ4v) is 0.857. The number of hydrogen-bond donors (Lipinski definition) is 1. The van der Waals surface area contributed by atoms with Crippen LogP contribution in [-0.4, -0.2) is 18.7 Å². The zero-order chi connectivity index (χ0) is 8.69. The van der Waals surface area contributed by atoms with Gasteiger partial charge in [-0.1, -0.05) is 13.3 Å². The fourth-order valence-electron chi connectivity index (χ4n) is 0.857. The Labute approximate surface area is 68.1 Å². The van der Waals surface area contributed by atoms with Crippen LogP contribution in [0.5, 0.6) is 0 Å². The SMILES string of the molecule is CCCC(NC=O)OC(C)C. The topological polar surface area (TPSA) is 38.3 Å². The molecule has 1 amide bonds. The summed E-state index contributed by atoms with van der Waals surface area (Å²) in [6.07, 6.45) is 2.62. The maximum absolute atomic E-state index is 10.1. The smallest absolute Gasteiger partial charge is 0.209 e. The zero-order valence-corrected chi connectivity index (χ0v) is 7.46. The molecule has 0 spiro atoms. The van der Waals surface area contributed by atoms with E-state index in [1.54, 1.807) is 0 Å². The van der Waals surface area contributed by atoms with Gasteiger partial charge in [0.05, 0.1) is 6.10 Å². The Balaban J connectivity index is 3.58. The third-order valence-corrected chi connectivity index (χ3v) is 1.24. The van der Waals surface area contributed by atoms with Crippen molar-refractivity contribution in [1.82, 2.24) is 5.32 Å². The van der Waals surface area contributed by atoms with Crippen molar-refractivity contribution < 1.29 is 9.53 Å². The fraction of sp³-hybridized carbons (Fsp3) is 0.875. The Morgan fingerprint density at radius 3 is 2.55 bits per heavy atom. The van der Waals surface area contributed by atoms with Gasteiger partial charge in [0.15, 0.2) is 0 Å². The van der Waals surface area contributed by atoms with Crippen LogP contribution in [0.3, 0.4) is 0 Å². The van der Waals surface area contributed by atoms with Crippen LogP contribution in [0.15, 0.2) is 0 Å². The van der Waals surface area contributed by atoms with E-state index in [2.05, 4.69) is 12.2 Å². The summed E-state index contributed by atoms with van der Waals surface area (Å²) < 4.78 is 5.39. The molecule has 0 saturated heterocycles. The van der Waals surface area contributed by atoms with Crippen molar-refractivity contribution in [2.45, 2.75) is 45.9 Å². The molecule has 3 heteroatoms. The quantitative estimate of drug-likeness (QED) is 0.468. The molecule has 0 aliphatic heterocycles. The molecule has 0 aromatic heterocycles. The molecule has 3 nitrogen and oxygen atoms in total. The van der Waals surface area contributed by atoms with Gasteiger partial charge in [-0.25, -0.2) is 0 Å². The molecule has 0 rings (SSSR count). The Hall–Kier alpha value is -0.570. The second kappa shape index (κ2) is 6.16. The van der Waals surface area contributed by atoms with Gasteiger partial charge in [-0.2, -0.15) is 0 Å². The van der Waals surface area contributed by atoms with Gasteiger partial charge in [0.1, 0.15) is 6.23 Å². The van der Waals surface area contributed by atoms with Gasteiger partial charge < -0.3 is 10.1 Å². The number of carbonyl (C=O) groups excluding carboxylic acids is 1. The van der Waals surface area contributed by atoms with E-state index in [0.717, 1.165) is 12.8 Å². The van der Waals surface area contributed by atoms with Crippen molar-refractivity contribution in [1.29, 1.82) is 0 Å². The van der Waals surface area contributed by atoms with E-state index in [1.807, 2.05) is 13.8 Å². The molecule has 0 saturated carbocycles. The molecular formula is C8H17NO2. The second-order valence-corrected chi connectivity index (χ2v) is 2.75. The Kier molecular flexibility index (Phi) is 5.84. The molecule has 66 valence electrons. The average Bonchev–Trinajstić information content (AvgIpc) is 1.87. The lowest BCUT2D eigenvalue weighted by atomic mass is 10.3. The molecule has 1 N–H and O–H groups in total. The van der Waals surface area contributed by atoms with Crippen LogP contribution >= 0.6 is 0 Å². The summed E-state index contributed by atoms with van der Waals surface area (Å²) in [6, 6.07) is 0. The van der Waals surface area contributed by atoms with Crippen LogP contribution in [0, 0.1) is 0 Å². The molecule has 0 heterocycles. The molecule has 0 aliphatic carbocycles. The van der Waals surface area contributed by atoms with E-state index >= 15 is 0 Å². The predicted molar refractivity (Wildman–Crippen MR) is 44.1 cm³/mol. The lowest BCUT2D eigenvalue weighted by molar-refractivity contribution is -0.115. The van der Waals surface area contributed by atoms with E-state index in [-0.39, 0.29) is 12.3 Å². The normalized spacial score (nSPS) is 13.1. The number of rotatable bonds is 6. The maximum Gasteiger partial charge on any atom is 0.209 e. The minimum Gasteiger partial charge on any atom is -0.356 e. The van der Waals surface area contributed by atoms with E-state index in [9.17, 15) is 4.79 Å². The number of ether oxygens (including phenoxy) is 1. The van der Waals surface area contributed by atoms with Crippen molar-refractivity contribution in [3.05, 3.63) is 0 Å². The van der Waals surface area contributed by atoms with Crippen molar-refractivity contribution in [3.63, 3.8) is 0 Å². The van der Waals surface area contributed by atoms with E-state index < -0.39 is 0 Å². The first kappa shape index (κ1) is 10.4. The van der Waals surface area contributed by atoms with Crippen LogP contribution < -0.4 is 5.32 Å². The van der Waals surface area contributed by atoms with Gasteiger partial charge in [-0.05, 0) is 20.3 Å². The third-order valence-electron chi connectivity index (χ3n) is 1.24. The van der Waals surface area contributed by atoms with Crippen molar-refractivity contribution in [2.24, 2.45) is 0 Å². The largest absolute Gasteiger partial charge is 0.356 e. The number of hydrogen-bond acceptors (Lipinski definition) is 2. The summed E-state index contributed by atoms with van der Waals surface area (Å²) in [5, 5.41) is 2.61. The highest BCUT2D eigenvalue weighted by Crippen LogP contribution is 2.01. The van der Waals surface area contributed by atoms with Crippen LogP contribution in [0.2, 0.25) is 0 Å². The summed E-state index contributed by atoms with van der Waals surface area (Å²) in [6.45, 7) is 5.97. The van der Waals surface area contributed by atoms with E-state index in [4.69, 9.17) is 4.74 Å². The van der Waals surface area contributed by atoms with Gasteiger partial charge >= 0.3 is 0 Å². The molecule has 0 aromatic rings. The first-order valence-electron chi connectivity index (χ1n) is 4.05. The molecule has 0 aliphatic rings. The van der Waals surface area contributed by atoms with Gasteiger partial charge in [0.2, 0.25) is 6.41 Å². The highest BCUT2D eigenvalue weighted by Gasteiger charge is 2.06. The summed E-state index contributed by atoms with van der Waals surface area (Å²) in [7, 11) is 0. The predicted octanol–water partition coefficient (Wildman–Crippen LogP) is 1.28. The van der Waals surface area contributed by atoms with Crippen LogP contribution in [0.4, 0.5) is 0 Å². The molecule has 0 aromatic carbocycles. The molecule has 0 radical (unpaired) electrons. The zero-order valence-electron chi connectivity index (χ0n) is 7.46. The summed E-state index contributed by atoms with van der Waals surface area (Å²) in [5.41, 5.74) is 0. The Morgan fingerprint density at radius 2 is 2.18 bits per heavy atom. The third kappa shape index (κ3) is 5.85. The van der Waals surface area contributed by atoms with Gasteiger partial charge in [-0.15, -0.1) is 0 Å². The average molecular weight is 159 g/mol. The van der Waals surface area contributed by atoms with Crippen molar-refractivity contribution in [3.8, 4) is 0 Å². The summed E-state index contributed by atoms with van der Waals surface area (Å²) in [5.74, 6) is 0. The summed E-state index contributed by atoms with van der Waals surface area (Å²) >= 11 is 0. The first-order chi connectivity index (χ1) is 5.20. The lowest BCUT2D eigenvalue weighted by Gasteiger charge is -2.18. The molecule has 0 bridgehead atoms. The number of amides is 1. The van der Waals surface area contributed by atoms with Gasteiger partial charge in [0.25, 0.3) is 0 Å². The molecule has 1 atom stereocenters. The molecule has 1 unspecified atom stereocenters. The number of nitrogens with one attached hydrogen (secondary N) is 1. The summed E-state index contributed by atoms with van der Waals surface area (Å²) in [4.78, 5) is 10.1. The minimum atomic E-state index is -0.113. The molecule has 0 fully saturated rings. The lowest BCUT2D eigenvalue weighted by Crippen LogP contribution is -2.32. The highest BCUT2D eigenvalue weighted by atomic mass is 16.5. The first-order valence-corrected chi connectivity index (χ1v) is 4.05. The second-order valence-electron chi connectivity index (χ2n) is 2.75. The van der Waals surface area contributed by atoms with Gasteiger partial charge in [0, 0.05) is 0 Å². The van der Waals surface area contributed by atoms with Crippen LogP contribution in [0.1, 0.15) is 33.6 Å². The highest BCUT2D eigenvalue weighted by molar-refractivity contribution is 5.46. The molecule has 11 heavy (non-hydrogen) atoms. The van der Waals surface area contributed by atoms with Crippen molar-refractivity contribution >= 4 is 6.41 Å². The Bertz CT molecular complexity index is 104. The molecular weight excluding hydrogens is 142 g/mol.